The average molecular weight is 313 g/mol. The van der Waals surface area contributed by atoms with Gasteiger partial charge in [0.1, 0.15) is 5.69 Å². The molecule has 0 fully saturated rings. The molecule has 1 rings (SSSR count). The van der Waals surface area contributed by atoms with Gasteiger partial charge in [-0.15, -0.1) is 0 Å². The monoisotopic (exact) mass is 313 g/mol. The van der Waals surface area contributed by atoms with Gasteiger partial charge in [0.15, 0.2) is 0 Å². The van der Waals surface area contributed by atoms with E-state index < -0.39 is 24.5 Å². The number of aliphatic carboxylic acids is 1. The largest absolute Gasteiger partial charge is 0.481 e. The molecule has 0 atom stereocenters. The summed E-state index contributed by atoms with van der Waals surface area (Å²) in [7, 11) is 0. The minimum Gasteiger partial charge on any atom is -0.481 e. The first-order valence-corrected chi connectivity index (χ1v) is 4.73. The van der Waals surface area contributed by atoms with E-state index in [0.717, 1.165) is 0 Å². The van der Waals surface area contributed by atoms with Gasteiger partial charge in [0.25, 0.3) is 6.43 Å². The van der Waals surface area contributed by atoms with Gasteiger partial charge in [0.2, 0.25) is 0 Å². The van der Waals surface area contributed by atoms with Gasteiger partial charge in [-0.05, 0) is 34.2 Å². The second-order valence-electron chi connectivity index (χ2n) is 2.57. The molecule has 76 valence electrons. The first-order chi connectivity index (χ1) is 6.50. The summed E-state index contributed by atoms with van der Waals surface area (Å²) in [5.74, 6) is -1.14. The summed E-state index contributed by atoms with van der Waals surface area (Å²) in [6.07, 6.45) is -1.88. The van der Waals surface area contributed by atoms with Crippen molar-refractivity contribution in [2.75, 3.05) is 0 Å². The Morgan fingerprint density at radius 1 is 1.64 bits per heavy atom. The van der Waals surface area contributed by atoms with Crippen molar-refractivity contribution in [3.8, 4) is 0 Å². The van der Waals surface area contributed by atoms with E-state index in [1.807, 2.05) is 22.6 Å². The van der Waals surface area contributed by atoms with E-state index in [4.69, 9.17) is 5.11 Å². The molecule has 0 aliphatic carbocycles. The highest BCUT2D eigenvalue weighted by atomic mass is 127. The van der Waals surface area contributed by atoms with Crippen molar-refractivity contribution in [2.24, 2.45) is 0 Å². The van der Waals surface area contributed by atoms with Crippen LogP contribution in [0.5, 0.6) is 0 Å². The molecule has 0 saturated heterocycles. The van der Waals surface area contributed by atoms with Gasteiger partial charge >= 0.3 is 5.97 Å². The Labute approximate surface area is 92.3 Å². The molecule has 1 heterocycles. The number of rotatable bonds is 3. The number of nitrogens with zero attached hydrogens (tertiary/aromatic N) is 1. The lowest BCUT2D eigenvalue weighted by atomic mass is 10.1. The molecule has 0 bridgehead atoms. The van der Waals surface area contributed by atoms with Gasteiger partial charge in [-0.1, -0.05) is 0 Å². The van der Waals surface area contributed by atoms with Crippen LogP contribution in [-0.2, 0) is 11.2 Å². The first-order valence-electron chi connectivity index (χ1n) is 3.65. The summed E-state index contributed by atoms with van der Waals surface area (Å²) < 4.78 is 25.3. The van der Waals surface area contributed by atoms with Crippen molar-refractivity contribution in [2.45, 2.75) is 12.8 Å². The average Bonchev–Trinajstić information content (AvgIpc) is 2.01. The normalized spacial score (nSPS) is 10.6. The molecular weight excluding hydrogens is 307 g/mol. The van der Waals surface area contributed by atoms with E-state index >= 15 is 0 Å². The van der Waals surface area contributed by atoms with Gasteiger partial charge in [0.05, 0.1) is 6.42 Å². The molecular formula is C8H6F2INO2. The lowest BCUT2D eigenvalue weighted by Crippen LogP contribution is -2.06. The highest BCUT2D eigenvalue weighted by molar-refractivity contribution is 14.1. The fourth-order valence-electron chi connectivity index (χ4n) is 0.993. The van der Waals surface area contributed by atoms with Crippen LogP contribution in [-0.4, -0.2) is 16.1 Å². The Hall–Kier alpha value is -0.790. The molecule has 0 amide bonds. The zero-order chi connectivity index (χ0) is 10.7. The number of halogens is 3. The molecule has 0 saturated carbocycles. The topological polar surface area (TPSA) is 50.2 Å². The van der Waals surface area contributed by atoms with E-state index in [1.54, 1.807) is 0 Å². The third-order valence-corrected chi connectivity index (χ3v) is 2.11. The molecule has 14 heavy (non-hydrogen) atoms. The van der Waals surface area contributed by atoms with Crippen molar-refractivity contribution in [3.63, 3.8) is 0 Å². The van der Waals surface area contributed by atoms with Gasteiger partial charge in [0, 0.05) is 9.77 Å². The second-order valence-corrected chi connectivity index (χ2v) is 3.81. The molecule has 0 aliphatic heterocycles. The minimum absolute atomic E-state index is 0.0689. The predicted octanol–water partition coefficient (Wildman–Crippen LogP) is 2.25. The Morgan fingerprint density at radius 3 is 2.79 bits per heavy atom. The fourth-order valence-corrected chi connectivity index (χ4v) is 1.51. The maximum atomic E-state index is 12.4. The molecule has 0 radical (unpaired) electrons. The molecule has 0 spiro atoms. The van der Waals surface area contributed by atoms with Crippen LogP contribution in [0.2, 0.25) is 0 Å². The molecule has 0 aromatic carbocycles. The Balaban J connectivity index is 3.09. The van der Waals surface area contributed by atoms with Crippen molar-refractivity contribution in [1.29, 1.82) is 0 Å². The molecule has 3 nitrogen and oxygen atoms in total. The van der Waals surface area contributed by atoms with Gasteiger partial charge in [-0.25, -0.2) is 8.78 Å². The first kappa shape index (κ1) is 11.3. The van der Waals surface area contributed by atoms with Crippen molar-refractivity contribution < 1.29 is 18.7 Å². The van der Waals surface area contributed by atoms with Crippen molar-refractivity contribution >= 4 is 28.6 Å². The maximum Gasteiger partial charge on any atom is 0.307 e. The Morgan fingerprint density at radius 2 is 2.29 bits per heavy atom. The lowest BCUT2D eigenvalue weighted by Gasteiger charge is -2.05. The molecule has 1 aromatic rings. The number of carbonyl (C=O) groups is 1. The SMILES string of the molecule is O=C(O)Cc1cc(I)cnc1C(F)F. The number of carboxylic acids is 1. The number of hydrogen-bond acceptors (Lipinski definition) is 2. The fraction of sp³-hybridized carbons (Fsp3) is 0.250. The maximum absolute atomic E-state index is 12.4. The number of aromatic nitrogens is 1. The van der Waals surface area contributed by atoms with Gasteiger partial charge < -0.3 is 5.11 Å². The Kier molecular flexibility index (Phi) is 3.73. The van der Waals surface area contributed by atoms with Crippen LogP contribution in [0.3, 0.4) is 0 Å². The highest BCUT2D eigenvalue weighted by Gasteiger charge is 2.16. The summed E-state index contributed by atoms with van der Waals surface area (Å²) in [6.45, 7) is 0. The summed E-state index contributed by atoms with van der Waals surface area (Å²) in [5, 5.41) is 8.49. The summed E-state index contributed by atoms with van der Waals surface area (Å²) >= 11 is 1.89. The van der Waals surface area contributed by atoms with Crippen molar-refractivity contribution in [3.05, 3.63) is 27.1 Å². The van der Waals surface area contributed by atoms with Crippen LogP contribution in [0.25, 0.3) is 0 Å². The quantitative estimate of drug-likeness (QED) is 0.871. The minimum atomic E-state index is -2.73. The van der Waals surface area contributed by atoms with E-state index in [-0.39, 0.29) is 5.56 Å². The molecule has 1 N–H and O–H groups in total. The van der Waals surface area contributed by atoms with Gasteiger partial charge in [-0.3, -0.25) is 9.78 Å². The highest BCUT2D eigenvalue weighted by Crippen LogP contribution is 2.22. The molecule has 6 heteroatoms. The van der Waals surface area contributed by atoms with Crippen molar-refractivity contribution in [1.82, 2.24) is 4.98 Å². The standard InChI is InChI=1S/C8H6F2INO2/c9-8(10)7-4(2-6(13)14)1-5(11)3-12-7/h1,3,8H,2H2,(H,13,14). The smallest absolute Gasteiger partial charge is 0.307 e. The number of pyridine rings is 1. The number of alkyl halides is 2. The van der Waals surface area contributed by atoms with E-state index in [0.29, 0.717) is 3.57 Å². The lowest BCUT2D eigenvalue weighted by molar-refractivity contribution is -0.136. The summed E-state index contributed by atoms with van der Waals surface area (Å²) in [4.78, 5) is 13.9. The van der Waals surface area contributed by atoms with Crippen LogP contribution in [0.15, 0.2) is 12.3 Å². The zero-order valence-electron chi connectivity index (χ0n) is 6.88. The van der Waals surface area contributed by atoms with E-state index in [9.17, 15) is 13.6 Å². The third-order valence-electron chi connectivity index (χ3n) is 1.52. The number of hydrogen-bond donors (Lipinski definition) is 1. The van der Waals surface area contributed by atoms with Crippen LogP contribution in [0.4, 0.5) is 8.78 Å². The third kappa shape index (κ3) is 2.86. The van der Waals surface area contributed by atoms with E-state index in [1.165, 1.54) is 12.3 Å². The predicted molar refractivity (Wildman–Crippen MR) is 53.3 cm³/mol. The van der Waals surface area contributed by atoms with Crippen LogP contribution >= 0.6 is 22.6 Å². The molecule has 0 unspecified atom stereocenters. The van der Waals surface area contributed by atoms with Crippen LogP contribution in [0, 0.1) is 3.57 Å². The Bertz CT molecular complexity index is 357. The van der Waals surface area contributed by atoms with Gasteiger partial charge in [-0.2, -0.15) is 0 Å². The molecule has 0 aliphatic rings. The number of carboxylic acid groups (broad SMARTS) is 1. The summed E-state index contributed by atoms with van der Waals surface area (Å²) in [6, 6.07) is 1.41. The summed E-state index contributed by atoms with van der Waals surface area (Å²) in [5.41, 5.74) is -0.382. The van der Waals surface area contributed by atoms with Crippen LogP contribution in [0.1, 0.15) is 17.7 Å². The van der Waals surface area contributed by atoms with Crippen LogP contribution < -0.4 is 0 Å². The second kappa shape index (κ2) is 4.63. The van der Waals surface area contributed by atoms with E-state index in [2.05, 4.69) is 4.98 Å². The zero-order valence-corrected chi connectivity index (χ0v) is 9.03. The molecule has 1 aromatic heterocycles.